The summed E-state index contributed by atoms with van der Waals surface area (Å²) in [5.74, 6) is -1.58. The number of fused-ring (bicyclic) bond motifs is 1. The van der Waals surface area contributed by atoms with Gasteiger partial charge in [-0.15, -0.1) is 0 Å². The first-order valence-corrected chi connectivity index (χ1v) is 9.52. The number of hydrogen-bond acceptors (Lipinski definition) is 5. The highest BCUT2D eigenvalue weighted by Gasteiger charge is 2.37. The van der Waals surface area contributed by atoms with Gasteiger partial charge in [0.15, 0.2) is 5.75 Å². The topological polar surface area (TPSA) is 84.9 Å². The third kappa shape index (κ3) is 4.48. The first-order chi connectivity index (χ1) is 13.8. The number of carbonyl (C=O) groups is 3. The minimum atomic E-state index is -0.624. The van der Waals surface area contributed by atoms with Crippen LogP contribution in [0.1, 0.15) is 20.7 Å². The number of carbonyl (C=O) groups excluding carboxylic acids is 3. The van der Waals surface area contributed by atoms with E-state index in [1.807, 2.05) is 0 Å². The van der Waals surface area contributed by atoms with E-state index < -0.39 is 24.3 Å². The van der Waals surface area contributed by atoms with Crippen LogP contribution in [0.15, 0.2) is 30.3 Å². The zero-order valence-electron chi connectivity index (χ0n) is 15.1. The second-order valence-corrected chi connectivity index (χ2v) is 7.24. The molecule has 0 saturated carbocycles. The number of para-hydroxylation sites is 1. The average molecular weight is 458 g/mol. The van der Waals surface area contributed by atoms with Crippen LogP contribution in [0.4, 0.5) is 5.69 Å². The summed E-state index contributed by atoms with van der Waals surface area (Å²) >= 11 is 18.0. The van der Waals surface area contributed by atoms with Crippen molar-refractivity contribution in [3.63, 3.8) is 0 Å². The second kappa shape index (κ2) is 9.00. The maximum Gasteiger partial charge on any atom is 0.262 e. The fraction of sp³-hybridized carbons (Fsp3) is 0.211. The molecule has 10 heteroatoms. The maximum absolute atomic E-state index is 12.5. The third-order valence-electron chi connectivity index (χ3n) is 4.09. The lowest BCUT2D eigenvalue weighted by Crippen LogP contribution is -2.37. The minimum Gasteiger partial charge on any atom is -0.487 e. The van der Waals surface area contributed by atoms with Gasteiger partial charge in [-0.05, 0) is 24.3 Å². The highest BCUT2D eigenvalue weighted by atomic mass is 35.5. The molecular formula is C19H15Cl3N2O5. The fourth-order valence-corrected chi connectivity index (χ4v) is 3.30. The summed E-state index contributed by atoms with van der Waals surface area (Å²) in [7, 11) is 1.53. The summed E-state index contributed by atoms with van der Waals surface area (Å²) in [6.07, 6.45) is 0. The summed E-state index contributed by atoms with van der Waals surface area (Å²) < 4.78 is 10.5. The number of nitrogens with one attached hydrogen (secondary N) is 1. The minimum absolute atomic E-state index is 0.101. The predicted octanol–water partition coefficient (Wildman–Crippen LogP) is 3.91. The number of benzene rings is 2. The normalized spacial score (nSPS) is 12.9. The molecule has 0 aromatic heterocycles. The fourth-order valence-electron chi connectivity index (χ4n) is 2.74. The van der Waals surface area contributed by atoms with Gasteiger partial charge in [-0.2, -0.15) is 0 Å². The number of ether oxygens (including phenoxy) is 2. The Morgan fingerprint density at radius 2 is 1.62 bits per heavy atom. The molecule has 3 amide bonds. The van der Waals surface area contributed by atoms with Gasteiger partial charge < -0.3 is 14.8 Å². The molecule has 1 aliphatic heterocycles. The van der Waals surface area contributed by atoms with Crippen molar-refractivity contribution in [3.05, 3.63) is 56.5 Å². The van der Waals surface area contributed by atoms with Gasteiger partial charge >= 0.3 is 0 Å². The Kier molecular flexibility index (Phi) is 6.64. The van der Waals surface area contributed by atoms with E-state index in [1.165, 1.54) is 19.2 Å². The molecule has 152 valence electrons. The third-order valence-corrected chi connectivity index (χ3v) is 5.11. The molecule has 3 rings (SSSR count). The number of halogens is 3. The Hall–Kier alpha value is -2.32. The van der Waals surface area contributed by atoms with Crippen LogP contribution in [-0.2, 0) is 9.53 Å². The molecule has 0 aliphatic carbocycles. The standard InChI is InChI=1S/C19H15Cl3N2O5/c1-28-5-6-29-17-12(20)3-2-4-15(17)23-16(25)9-24-18(26)10-7-13(21)14(22)8-11(10)19(24)27/h2-4,7-8H,5-6,9H2,1H3,(H,23,25). The molecule has 0 radical (unpaired) electrons. The summed E-state index contributed by atoms with van der Waals surface area (Å²) in [5, 5.41) is 3.20. The summed E-state index contributed by atoms with van der Waals surface area (Å²) in [5.41, 5.74) is 0.508. The van der Waals surface area contributed by atoms with Crippen molar-refractivity contribution in [2.45, 2.75) is 0 Å². The van der Waals surface area contributed by atoms with Crippen LogP contribution in [0.25, 0.3) is 0 Å². The molecule has 2 aromatic rings. The highest BCUT2D eigenvalue weighted by molar-refractivity contribution is 6.43. The first-order valence-electron chi connectivity index (χ1n) is 8.38. The van der Waals surface area contributed by atoms with Gasteiger partial charge in [0, 0.05) is 7.11 Å². The van der Waals surface area contributed by atoms with Crippen LogP contribution in [0, 0.1) is 0 Å². The summed E-state index contributed by atoms with van der Waals surface area (Å²) in [6.45, 7) is 0.0629. The lowest BCUT2D eigenvalue weighted by molar-refractivity contribution is -0.116. The van der Waals surface area contributed by atoms with Crippen molar-refractivity contribution in [2.75, 3.05) is 32.2 Å². The second-order valence-electron chi connectivity index (χ2n) is 6.01. The summed E-state index contributed by atoms with van der Waals surface area (Å²) in [6, 6.07) is 7.46. The van der Waals surface area contributed by atoms with E-state index in [9.17, 15) is 14.4 Å². The average Bonchev–Trinajstić information content (AvgIpc) is 2.89. The van der Waals surface area contributed by atoms with Crippen LogP contribution in [0.2, 0.25) is 15.1 Å². The number of anilines is 1. The molecule has 0 bridgehead atoms. The van der Waals surface area contributed by atoms with Crippen molar-refractivity contribution in [1.82, 2.24) is 4.90 Å². The van der Waals surface area contributed by atoms with Crippen LogP contribution < -0.4 is 10.1 Å². The highest BCUT2D eigenvalue weighted by Crippen LogP contribution is 2.34. The Bertz CT molecular complexity index is 955. The molecule has 1 aliphatic rings. The van der Waals surface area contributed by atoms with Crippen LogP contribution in [0.5, 0.6) is 5.75 Å². The Labute approximate surface area is 181 Å². The lowest BCUT2D eigenvalue weighted by Gasteiger charge is -2.16. The molecule has 0 atom stereocenters. The number of methoxy groups -OCH3 is 1. The van der Waals surface area contributed by atoms with Crippen molar-refractivity contribution in [3.8, 4) is 5.75 Å². The van der Waals surface area contributed by atoms with Gasteiger partial charge in [0.25, 0.3) is 11.8 Å². The molecule has 0 spiro atoms. The molecule has 1 heterocycles. The van der Waals surface area contributed by atoms with E-state index in [0.717, 1.165) is 4.90 Å². The Morgan fingerprint density at radius 1 is 1.00 bits per heavy atom. The van der Waals surface area contributed by atoms with Crippen molar-refractivity contribution >= 4 is 58.2 Å². The van der Waals surface area contributed by atoms with E-state index in [4.69, 9.17) is 44.3 Å². The molecule has 1 N–H and O–H groups in total. The SMILES string of the molecule is COCCOc1c(Cl)cccc1NC(=O)CN1C(=O)c2cc(Cl)c(Cl)cc2C1=O. The number of hydrogen-bond donors (Lipinski definition) is 1. The summed E-state index contributed by atoms with van der Waals surface area (Å²) in [4.78, 5) is 38.4. The van der Waals surface area contributed by atoms with Gasteiger partial charge in [-0.1, -0.05) is 40.9 Å². The molecule has 0 unspecified atom stereocenters. The Balaban J connectivity index is 1.74. The van der Waals surface area contributed by atoms with Crippen LogP contribution in [0.3, 0.4) is 0 Å². The van der Waals surface area contributed by atoms with E-state index in [-0.39, 0.29) is 33.5 Å². The largest absolute Gasteiger partial charge is 0.487 e. The van der Waals surface area contributed by atoms with Crippen LogP contribution in [-0.4, -0.2) is 49.5 Å². The number of nitrogens with zero attached hydrogens (tertiary/aromatic N) is 1. The monoisotopic (exact) mass is 456 g/mol. The lowest BCUT2D eigenvalue weighted by atomic mass is 10.1. The Morgan fingerprint density at radius 3 is 2.21 bits per heavy atom. The first kappa shape index (κ1) is 21.4. The van der Waals surface area contributed by atoms with E-state index in [1.54, 1.807) is 18.2 Å². The van der Waals surface area contributed by atoms with E-state index >= 15 is 0 Å². The smallest absolute Gasteiger partial charge is 0.262 e. The predicted molar refractivity (Wildman–Crippen MR) is 109 cm³/mol. The molecule has 0 fully saturated rings. The van der Waals surface area contributed by atoms with Gasteiger partial charge in [-0.25, -0.2) is 0 Å². The van der Waals surface area contributed by atoms with Gasteiger partial charge in [0.2, 0.25) is 5.91 Å². The number of imide groups is 1. The molecule has 7 nitrogen and oxygen atoms in total. The van der Waals surface area contributed by atoms with Crippen LogP contribution >= 0.6 is 34.8 Å². The van der Waals surface area contributed by atoms with Crippen molar-refractivity contribution < 1.29 is 23.9 Å². The van der Waals surface area contributed by atoms with Gasteiger partial charge in [0.05, 0.1) is 38.5 Å². The molecule has 2 aromatic carbocycles. The van der Waals surface area contributed by atoms with Crippen molar-refractivity contribution in [1.29, 1.82) is 0 Å². The number of rotatable bonds is 7. The molecular weight excluding hydrogens is 443 g/mol. The quantitative estimate of drug-likeness (QED) is 0.503. The van der Waals surface area contributed by atoms with E-state index in [0.29, 0.717) is 17.3 Å². The zero-order chi connectivity index (χ0) is 21.1. The molecule has 29 heavy (non-hydrogen) atoms. The van der Waals surface area contributed by atoms with Gasteiger partial charge in [0.1, 0.15) is 13.2 Å². The molecule has 0 saturated heterocycles. The maximum atomic E-state index is 12.5. The van der Waals surface area contributed by atoms with Crippen molar-refractivity contribution in [2.24, 2.45) is 0 Å². The number of amides is 3. The van der Waals surface area contributed by atoms with E-state index in [2.05, 4.69) is 5.32 Å². The van der Waals surface area contributed by atoms with Gasteiger partial charge in [-0.3, -0.25) is 19.3 Å². The zero-order valence-corrected chi connectivity index (χ0v) is 17.4.